The molecular weight excluding hydrogens is 534 g/mol. The van der Waals surface area contributed by atoms with Crippen molar-refractivity contribution < 1.29 is 0 Å². The highest BCUT2D eigenvalue weighted by molar-refractivity contribution is 5.88. The molecule has 1 aliphatic rings. The van der Waals surface area contributed by atoms with Crippen LogP contribution < -0.4 is 0 Å². The number of benzene rings is 6. The summed E-state index contributed by atoms with van der Waals surface area (Å²) in [6.45, 7) is 0. The van der Waals surface area contributed by atoms with Gasteiger partial charge in [0.1, 0.15) is 0 Å². The minimum atomic E-state index is 0. The molecule has 0 amide bonds. The maximum Gasteiger partial charge on any atom is 0.164 e. The zero-order valence-corrected chi connectivity index (χ0v) is 23.5. The first kappa shape index (κ1) is 27.2. The average Bonchev–Trinajstić information content (AvgIpc) is 3.48. The van der Waals surface area contributed by atoms with Gasteiger partial charge in [-0.15, -0.1) is 0 Å². The predicted molar refractivity (Wildman–Crippen MR) is 182 cm³/mol. The Morgan fingerprint density at radius 3 is 1.27 bits per heavy atom. The van der Waals surface area contributed by atoms with Crippen molar-refractivity contribution in [1.29, 1.82) is 0 Å². The minimum Gasteiger partial charge on any atom is -0.208 e. The Kier molecular flexibility index (Phi) is 7.13. The number of rotatable bonds is 5. The van der Waals surface area contributed by atoms with E-state index in [1.807, 2.05) is 24.3 Å². The summed E-state index contributed by atoms with van der Waals surface area (Å²) in [5.41, 5.74) is 13.0. The summed E-state index contributed by atoms with van der Waals surface area (Å²) in [7, 11) is 0. The number of hydrogen-bond donors (Lipinski definition) is 0. The van der Waals surface area contributed by atoms with Gasteiger partial charge >= 0.3 is 0 Å². The Morgan fingerprint density at radius 1 is 0.295 bits per heavy atom. The summed E-state index contributed by atoms with van der Waals surface area (Å²) in [5, 5.41) is 0. The fourth-order valence-electron chi connectivity index (χ4n) is 6.12. The smallest absolute Gasteiger partial charge is 0.164 e. The predicted octanol–water partition coefficient (Wildman–Crippen LogP) is 10.4. The molecule has 0 saturated carbocycles. The molecule has 3 heteroatoms. The molecule has 1 aromatic heterocycles. The normalized spacial score (nSPS) is 11.4. The van der Waals surface area contributed by atoms with Gasteiger partial charge in [0.2, 0.25) is 0 Å². The number of fused-ring (bicyclic) bond motifs is 3. The van der Waals surface area contributed by atoms with E-state index in [-0.39, 0.29) is 7.43 Å². The highest BCUT2D eigenvalue weighted by Crippen LogP contribution is 2.45. The van der Waals surface area contributed by atoms with Crippen LogP contribution in [0.15, 0.2) is 152 Å². The summed E-state index contributed by atoms with van der Waals surface area (Å²) in [4.78, 5) is 15.1. The Hall–Kier alpha value is -5.67. The first-order valence-electron chi connectivity index (χ1n) is 14.6. The van der Waals surface area contributed by atoms with Crippen LogP contribution in [0.3, 0.4) is 0 Å². The van der Waals surface area contributed by atoms with E-state index < -0.39 is 0 Å². The third-order valence-electron chi connectivity index (χ3n) is 8.24. The van der Waals surface area contributed by atoms with Gasteiger partial charge in [-0.25, -0.2) is 15.0 Å². The lowest BCUT2D eigenvalue weighted by Gasteiger charge is -2.12. The topological polar surface area (TPSA) is 38.7 Å². The summed E-state index contributed by atoms with van der Waals surface area (Å²) >= 11 is 0. The van der Waals surface area contributed by atoms with Gasteiger partial charge in [-0.2, -0.15) is 0 Å². The molecule has 0 unspecified atom stereocenters. The fraction of sp³-hybridized carbons (Fsp3) is 0.0488. The van der Waals surface area contributed by atoms with Crippen molar-refractivity contribution >= 4 is 0 Å². The van der Waals surface area contributed by atoms with Gasteiger partial charge < -0.3 is 0 Å². The van der Waals surface area contributed by atoms with Crippen LogP contribution in [-0.2, 0) is 6.42 Å². The molecule has 44 heavy (non-hydrogen) atoms. The quantitative estimate of drug-likeness (QED) is 0.208. The lowest BCUT2D eigenvalue weighted by molar-refractivity contribution is 1.07. The lowest BCUT2D eigenvalue weighted by atomic mass is 9.96. The Balaban J connectivity index is 0.00000312. The fourth-order valence-corrected chi connectivity index (χ4v) is 6.12. The number of aromatic nitrogens is 3. The van der Waals surface area contributed by atoms with Crippen LogP contribution in [0.25, 0.3) is 67.5 Å². The SMILES string of the molecule is C.c1ccc(-c2ccc(-c3nc(-c4ccccc4)nc(-c4cccc5c4Cc4c(-c6ccccc6)cccc4-5)n3)cc2)cc1. The molecule has 0 aliphatic heterocycles. The Morgan fingerprint density at radius 2 is 0.682 bits per heavy atom. The minimum absolute atomic E-state index is 0. The van der Waals surface area contributed by atoms with Gasteiger partial charge in [-0.05, 0) is 44.5 Å². The van der Waals surface area contributed by atoms with Crippen molar-refractivity contribution in [2.45, 2.75) is 13.8 Å². The standard InChI is InChI=1S/C40H27N3.CH4/c1-4-12-27(13-5-1)28-22-24-31(25-23-28)39-41-38(30-16-8-3-9-17-30)42-40(43-39)35-21-11-20-34-33-19-10-18-32(36(33)26-37(34)35)29-14-6-2-7-15-29;/h1-25H,26H2;1H4. The molecule has 3 nitrogen and oxygen atoms in total. The maximum absolute atomic E-state index is 5.10. The van der Waals surface area contributed by atoms with Gasteiger partial charge in [0.15, 0.2) is 17.5 Å². The van der Waals surface area contributed by atoms with Crippen LogP contribution in [0.5, 0.6) is 0 Å². The van der Waals surface area contributed by atoms with Crippen LogP contribution in [0, 0.1) is 0 Å². The van der Waals surface area contributed by atoms with Crippen molar-refractivity contribution in [3.8, 4) is 67.5 Å². The molecule has 0 radical (unpaired) electrons. The number of nitrogens with zero attached hydrogens (tertiary/aromatic N) is 3. The maximum atomic E-state index is 5.10. The second-order valence-electron chi connectivity index (χ2n) is 10.8. The highest BCUT2D eigenvalue weighted by Gasteiger charge is 2.26. The van der Waals surface area contributed by atoms with E-state index in [4.69, 9.17) is 15.0 Å². The summed E-state index contributed by atoms with van der Waals surface area (Å²) in [6, 6.07) is 52.8. The van der Waals surface area contributed by atoms with Crippen LogP contribution in [-0.4, -0.2) is 15.0 Å². The second-order valence-corrected chi connectivity index (χ2v) is 10.8. The molecule has 1 aliphatic carbocycles. The molecule has 0 saturated heterocycles. The van der Waals surface area contributed by atoms with E-state index in [2.05, 4.69) is 127 Å². The van der Waals surface area contributed by atoms with Crippen molar-refractivity contribution in [3.63, 3.8) is 0 Å². The van der Waals surface area contributed by atoms with Gasteiger partial charge in [0, 0.05) is 23.1 Å². The van der Waals surface area contributed by atoms with E-state index in [0.29, 0.717) is 17.5 Å². The highest BCUT2D eigenvalue weighted by atomic mass is 15.0. The van der Waals surface area contributed by atoms with Gasteiger partial charge in [0.05, 0.1) is 0 Å². The van der Waals surface area contributed by atoms with Crippen LogP contribution >= 0.6 is 0 Å². The summed E-state index contributed by atoms with van der Waals surface area (Å²) < 4.78 is 0. The lowest BCUT2D eigenvalue weighted by Crippen LogP contribution is -2.01. The summed E-state index contributed by atoms with van der Waals surface area (Å²) in [6.07, 6.45) is 0.833. The van der Waals surface area contributed by atoms with Crippen LogP contribution in [0.4, 0.5) is 0 Å². The zero-order chi connectivity index (χ0) is 28.6. The van der Waals surface area contributed by atoms with E-state index in [9.17, 15) is 0 Å². The van der Waals surface area contributed by atoms with E-state index >= 15 is 0 Å². The third kappa shape index (κ3) is 4.89. The van der Waals surface area contributed by atoms with Crippen molar-refractivity contribution in [1.82, 2.24) is 15.0 Å². The van der Waals surface area contributed by atoms with E-state index in [1.165, 1.54) is 38.9 Å². The van der Waals surface area contributed by atoms with Crippen LogP contribution in [0.2, 0.25) is 0 Å². The largest absolute Gasteiger partial charge is 0.208 e. The van der Waals surface area contributed by atoms with Gasteiger partial charge in [0.25, 0.3) is 0 Å². The third-order valence-corrected chi connectivity index (χ3v) is 8.24. The van der Waals surface area contributed by atoms with E-state index in [1.54, 1.807) is 0 Å². The second kappa shape index (κ2) is 11.5. The molecule has 8 rings (SSSR count). The molecule has 0 spiro atoms. The molecule has 0 bridgehead atoms. The van der Waals surface area contributed by atoms with Crippen molar-refractivity contribution in [3.05, 3.63) is 163 Å². The molecule has 1 heterocycles. The van der Waals surface area contributed by atoms with Gasteiger partial charge in [-0.3, -0.25) is 0 Å². The molecule has 0 N–H and O–H groups in total. The Bertz CT molecular complexity index is 2070. The first-order valence-corrected chi connectivity index (χ1v) is 14.6. The number of hydrogen-bond acceptors (Lipinski definition) is 3. The van der Waals surface area contributed by atoms with Gasteiger partial charge in [-0.1, -0.05) is 159 Å². The average molecular weight is 566 g/mol. The zero-order valence-electron chi connectivity index (χ0n) is 23.5. The summed E-state index contributed by atoms with van der Waals surface area (Å²) in [5.74, 6) is 2.04. The molecule has 210 valence electrons. The molecule has 0 atom stereocenters. The van der Waals surface area contributed by atoms with Crippen molar-refractivity contribution in [2.75, 3.05) is 0 Å². The van der Waals surface area contributed by atoms with Crippen molar-refractivity contribution in [2.24, 2.45) is 0 Å². The molecular formula is C41H31N3. The Labute approximate surface area is 258 Å². The van der Waals surface area contributed by atoms with E-state index in [0.717, 1.165) is 28.7 Å². The molecule has 6 aromatic carbocycles. The monoisotopic (exact) mass is 565 g/mol. The molecule has 7 aromatic rings. The van der Waals surface area contributed by atoms with Crippen LogP contribution in [0.1, 0.15) is 18.6 Å². The molecule has 0 fully saturated rings. The first-order chi connectivity index (χ1) is 21.3.